The zero-order valence-corrected chi connectivity index (χ0v) is 12.6. The van der Waals surface area contributed by atoms with E-state index in [1.165, 1.54) is 0 Å². The SMILES string of the molecule is Cc1ccccc1NC(=O)c1cccc(Oc2ncccn2)c1. The molecule has 0 unspecified atom stereocenters. The second-order valence-corrected chi connectivity index (χ2v) is 4.93. The first kappa shape index (κ1) is 14.7. The molecular weight excluding hydrogens is 290 g/mol. The summed E-state index contributed by atoms with van der Waals surface area (Å²) in [7, 11) is 0. The number of ether oxygens (including phenoxy) is 1. The Bertz CT molecular complexity index is 819. The van der Waals surface area contributed by atoms with Crippen molar-refractivity contribution in [1.82, 2.24) is 9.97 Å². The number of hydrogen-bond acceptors (Lipinski definition) is 4. The summed E-state index contributed by atoms with van der Waals surface area (Å²) in [5.74, 6) is 0.312. The lowest BCUT2D eigenvalue weighted by atomic mass is 10.1. The normalized spacial score (nSPS) is 10.1. The number of carbonyl (C=O) groups is 1. The first-order valence-corrected chi connectivity index (χ1v) is 7.14. The summed E-state index contributed by atoms with van der Waals surface area (Å²) in [6.07, 6.45) is 3.19. The molecule has 5 heteroatoms. The first-order valence-electron chi connectivity index (χ1n) is 7.14. The molecule has 1 amide bonds. The van der Waals surface area contributed by atoms with E-state index < -0.39 is 0 Å². The molecule has 0 bridgehead atoms. The van der Waals surface area contributed by atoms with Gasteiger partial charge in [-0.1, -0.05) is 24.3 Å². The van der Waals surface area contributed by atoms with Gasteiger partial charge in [-0.05, 0) is 42.8 Å². The Morgan fingerprint density at radius 1 is 1.00 bits per heavy atom. The highest BCUT2D eigenvalue weighted by Gasteiger charge is 2.09. The molecular formula is C18H15N3O2. The Labute approximate surface area is 134 Å². The number of rotatable bonds is 4. The molecule has 0 aliphatic heterocycles. The minimum Gasteiger partial charge on any atom is -0.424 e. The minimum atomic E-state index is -0.196. The van der Waals surface area contributed by atoms with E-state index in [0.717, 1.165) is 11.3 Å². The Kier molecular flexibility index (Phi) is 4.29. The van der Waals surface area contributed by atoms with E-state index in [9.17, 15) is 4.79 Å². The summed E-state index contributed by atoms with van der Waals surface area (Å²) in [6, 6.07) is 16.5. The smallest absolute Gasteiger partial charge is 0.321 e. The summed E-state index contributed by atoms with van der Waals surface area (Å²) < 4.78 is 5.54. The van der Waals surface area contributed by atoms with Gasteiger partial charge >= 0.3 is 6.01 Å². The van der Waals surface area contributed by atoms with Crippen LogP contribution in [0.1, 0.15) is 15.9 Å². The highest BCUT2D eigenvalue weighted by molar-refractivity contribution is 6.04. The maximum Gasteiger partial charge on any atom is 0.321 e. The molecule has 0 saturated carbocycles. The van der Waals surface area contributed by atoms with Gasteiger partial charge in [0.15, 0.2) is 0 Å². The van der Waals surface area contributed by atoms with Gasteiger partial charge in [-0.2, -0.15) is 0 Å². The third kappa shape index (κ3) is 3.71. The van der Waals surface area contributed by atoms with Crippen molar-refractivity contribution in [3.8, 4) is 11.8 Å². The lowest BCUT2D eigenvalue weighted by Crippen LogP contribution is -2.12. The second kappa shape index (κ2) is 6.70. The third-order valence-electron chi connectivity index (χ3n) is 3.24. The summed E-state index contributed by atoms with van der Waals surface area (Å²) in [4.78, 5) is 20.4. The van der Waals surface area contributed by atoms with Crippen molar-refractivity contribution in [3.05, 3.63) is 78.1 Å². The van der Waals surface area contributed by atoms with Gasteiger partial charge in [-0.15, -0.1) is 0 Å². The molecule has 114 valence electrons. The lowest BCUT2D eigenvalue weighted by Gasteiger charge is -2.09. The number of nitrogens with zero attached hydrogens (tertiary/aromatic N) is 2. The van der Waals surface area contributed by atoms with E-state index in [4.69, 9.17) is 4.74 Å². The average molecular weight is 305 g/mol. The van der Waals surface area contributed by atoms with Crippen LogP contribution in [0.2, 0.25) is 0 Å². The number of nitrogens with one attached hydrogen (secondary N) is 1. The van der Waals surface area contributed by atoms with Crippen molar-refractivity contribution in [2.24, 2.45) is 0 Å². The molecule has 0 radical (unpaired) electrons. The van der Waals surface area contributed by atoms with Crippen LogP contribution < -0.4 is 10.1 Å². The standard InChI is InChI=1S/C18H15N3O2/c1-13-6-2-3-9-16(13)21-17(22)14-7-4-8-15(12-14)23-18-19-10-5-11-20-18/h2-12H,1H3,(H,21,22). The van der Waals surface area contributed by atoms with Crippen LogP contribution in [-0.4, -0.2) is 15.9 Å². The molecule has 2 aromatic carbocycles. The van der Waals surface area contributed by atoms with Gasteiger partial charge in [-0.3, -0.25) is 4.79 Å². The predicted octanol–water partition coefficient (Wildman–Crippen LogP) is 3.83. The van der Waals surface area contributed by atoms with Crippen LogP contribution >= 0.6 is 0 Å². The zero-order chi connectivity index (χ0) is 16.1. The molecule has 1 N–H and O–H groups in total. The van der Waals surface area contributed by atoms with Gasteiger partial charge < -0.3 is 10.1 Å². The maximum atomic E-state index is 12.4. The fourth-order valence-corrected chi connectivity index (χ4v) is 2.05. The number of aryl methyl sites for hydroxylation is 1. The fraction of sp³-hybridized carbons (Fsp3) is 0.0556. The summed E-state index contributed by atoms with van der Waals surface area (Å²) in [5, 5.41) is 2.89. The number of anilines is 1. The fourth-order valence-electron chi connectivity index (χ4n) is 2.05. The van der Waals surface area contributed by atoms with Crippen LogP contribution in [0.25, 0.3) is 0 Å². The molecule has 3 aromatic rings. The number of aromatic nitrogens is 2. The van der Waals surface area contributed by atoms with Gasteiger partial charge in [0.1, 0.15) is 5.75 Å². The monoisotopic (exact) mass is 305 g/mol. The van der Waals surface area contributed by atoms with E-state index in [-0.39, 0.29) is 11.9 Å². The molecule has 0 aliphatic rings. The van der Waals surface area contributed by atoms with E-state index in [1.807, 2.05) is 31.2 Å². The lowest BCUT2D eigenvalue weighted by molar-refractivity contribution is 0.102. The Morgan fingerprint density at radius 3 is 2.57 bits per heavy atom. The number of para-hydroxylation sites is 1. The first-order chi connectivity index (χ1) is 11.2. The Morgan fingerprint density at radius 2 is 1.78 bits per heavy atom. The molecule has 0 aliphatic carbocycles. The van der Waals surface area contributed by atoms with Gasteiger partial charge in [-0.25, -0.2) is 9.97 Å². The molecule has 0 spiro atoms. The van der Waals surface area contributed by atoms with Crippen LogP contribution in [0.5, 0.6) is 11.8 Å². The molecule has 0 saturated heterocycles. The second-order valence-electron chi connectivity index (χ2n) is 4.93. The van der Waals surface area contributed by atoms with Crippen LogP contribution in [0.3, 0.4) is 0 Å². The summed E-state index contributed by atoms with van der Waals surface area (Å²) in [6.45, 7) is 1.95. The minimum absolute atomic E-state index is 0.196. The predicted molar refractivity (Wildman–Crippen MR) is 87.7 cm³/mol. The van der Waals surface area contributed by atoms with E-state index in [0.29, 0.717) is 11.3 Å². The van der Waals surface area contributed by atoms with Crippen molar-refractivity contribution >= 4 is 11.6 Å². The molecule has 0 atom stereocenters. The third-order valence-corrected chi connectivity index (χ3v) is 3.24. The van der Waals surface area contributed by atoms with Gasteiger partial charge in [0.25, 0.3) is 5.91 Å². The van der Waals surface area contributed by atoms with Crippen LogP contribution in [0.15, 0.2) is 67.0 Å². The number of benzene rings is 2. The number of carbonyl (C=O) groups excluding carboxylic acids is 1. The molecule has 1 aromatic heterocycles. The van der Waals surface area contributed by atoms with Crippen LogP contribution in [0, 0.1) is 6.92 Å². The highest BCUT2D eigenvalue weighted by atomic mass is 16.5. The topological polar surface area (TPSA) is 64.1 Å². The average Bonchev–Trinajstić information content (AvgIpc) is 2.58. The van der Waals surface area contributed by atoms with Gasteiger partial charge in [0, 0.05) is 23.6 Å². The van der Waals surface area contributed by atoms with Crippen molar-refractivity contribution < 1.29 is 9.53 Å². The van der Waals surface area contributed by atoms with Crippen LogP contribution in [-0.2, 0) is 0 Å². The van der Waals surface area contributed by atoms with Gasteiger partial charge in [0.05, 0.1) is 0 Å². The van der Waals surface area contributed by atoms with E-state index in [2.05, 4.69) is 15.3 Å². The van der Waals surface area contributed by atoms with Crippen LogP contribution in [0.4, 0.5) is 5.69 Å². The van der Waals surface area contributed by atoms with E-state index in [1.54, 1.807) is 42.7 Å². The highest BCUT2D eigenvalue weighted by Crippen LogP contribution is 2.20. The van der Waals surface area contributed by atoms with Crippen molar-refractivity contribution in [2.75, 3.05) is 5.32 Å². The Hall–Kier alpha value is -3.21. The molecule has 1 heterocycles. The zero-order valence-electron chi connectivity index (χ0n) is 12.6. The van der Waals surface area contributed by atoms with E-state index >= 15 is 0 Å². The maximum absolute atomic E-state index is 12.4. The summed E-state index contributed by atoms with van der Waals surface area (Å²) >= 11 is 0. The number of hydrogen-bond donors (Lipinski definition) is 1. The molecule has 0 fully saturated rings. The van der Waals surface area contributed by atoms with Crippen molar-refractivity contribution in [1.29, 1.82) is 0 Å². The number of amides is 1. The largest absolute Gasteiger partial charge is 0.424 e. The van der Waals surface area contributed by atoms with Crippen molar-refractivity contribution in [3.63, 3.8) is 0 Å². The van der Waals surface area contributed by atoms with Crippen molar-refractivity contribution in [2.45, 2.75) is 6.92 Å². The Balaban J connectivity index is 1.77. The molecule has 3 rings (SSSR count). The quantitative estimate of drug-likeness (QED) is 0.795. The summed E-state index contributed by atoms with van der Waals surface area (Å²) in [5.41, 5.74) is 2.29. The van der Waals surface area contributed by atoms with Gasteiger partial charge in [0.2, 0.25) is 0 Å². The molecule has 23 heavy (non-hydrogen) atoms. The molecule has 5 nitrogen and oxygen atoms in total.